The molecule has 1 aliphatic rings. The molecular weight excluding hydrogens is 328 g/mol. The van der Waals surface area contributed by atoms with Gasteiger partial charge in [0.25, 0.3) is 5.24 Å². The molecule has 116 valence electrons. The molecule has 4 rings (SSSR count). The normalized spacial score (nSPS) is 12.7. The van der Waals surface area contributed by atoms with Gasteiger partial charge in [-0.1, -0.05) is 54.6 Å². The Morgan fingerprint density at radius 3 is 2.00 bits per heavy atom. The molecule has 4 nitrogen and oxygen atoms in total. The van der Waals surface area contributed by atoms with Gasteiger partial charge in [-0.05, 0) is 11.6 Å². The number of halogens is 1. The summed E-state index contributed by atoms with van der Waals surface area (Å²) in [4.78, 5) is 37.5. The Hall–Kier alpha value is -2.98. The Bertz CT molecular complexity index is 1020. The molecule has 1 aliphatic carbocycles. The summed E-state index contributed by atoms with van der Waals surface area (Å²) >= 11 is 5.71. The van der Waals surface area contributed by atoms with Crippen LogP contribution in [0, 0.1) is 0 Å². The Kier molecular flexibility index (Phi) is 3.22. The fraction of sp³-hybridized carbons (Fsp3) is 0. The van der Waals surface area contributed by atoms with Gasteiger partial charge in [-0.3, -0.25) is 14.4 Å². The van der Waals surface area contributed by atoms with Gasteiger partial charge in [0.15, 0.2) is 11.5 Å². The van der Waals surface area contributed by atoms with Crippen LogP contribution in [0.2, 0.25) is 0 Å². The van der Waals surface area contributed by atoms with E-state index >= 15 is 0 Å². The average molecular weight is 337 g/mol. The highest BCUT2D eigenvalue weighted by atomic mass is 35.5. The third-order valence-corrected chi connectivity index (χ3v) is 4.18. The first-order valence-electron chi connectivity index (χ1n) is 7.20. The molecular formula is C19H9ClO4. The van der Waals surface area contributed by atoms with Gasteiger partial charge in [0, 0.05) is 16.7 Å². The van der Waals surface area contributed by atoms with Crippen LogP contribution in [0.4, 0.5) is 0 Å². The van der Waals surface area contributed by atoms with E-state index in [1.165, 1.54) is 0 Å². The van der Waals surface area contributed by atoms with Crippen molar-refractivity contribution in [2.24, 2.45) is 0 Å². The van der Waals surface area contributed by atoms with E-state index in [2.05, 4.69) is 0 Å². The maximum Gasteiger partial charge on any atom is 0.257 e. The van der Waals surface area contributed by atoms with Gasteiger partial charge in [-0.2, -0.15) is 0 Å². The summed E-state index contributed by atoms with van der Waals surface area (Å²) in [6, 6.07) is 15.2. The van der Waals surface area contributed by atoms with Crippen LogP contribution in [0.1, 0.15) is 42.4 Å². The van der Waals surface area contributed by atoms with Gasteiger partial charge in [0.2, 0.25) is 5.78 Å². The number of fused-ring (bicyclic) bond motifs is 2. The first-order chi connectivity index (χ1) is 11.6. The molecule has 0 N–H and O–H groups in total. The Balaban J connectivity index is 2.05. The minimum Gasteiger partial charge on any atom is -0.451 e. The lowest BCUT2D eigenvalue weighted by atomic mass is 9.86. The van der Waals surface area contributed by atoms with Crippen LogP contribution in [-0.2, 0) is 0 Å². The van der Waals surface area contributed by atoms with Crippen molar-refractivity contribution in [1.82, 2.24) is 0 Å². The molecule has 1 heterocycles. The Morgan fingerprint density at radius 1 is 0.792 bits per heavy atom. The van der Waals surface area contributed by atoms with Crippen molar-refractivity contribution in [3.8, 4) is 11.3 Å². The van der Waals surface area contributed by atoms with Gasteiger partial charge in [0.05, 0.1) is 11.1 Å². The number of hydrogen-bond donors (Lipinski definition) is 0. The average Bonchev–Trinajstić information content (AvgIpc) is 3.02. The number of furan rings is 1. The predicted molar refractivity (Wildman–Crippen MR) is 87.6 cm³/mol. The summed E-state index contributed by atoms with van der Waals surface area (Å²) in [5, 5.41) is -0.834. The molecule has 0 aliphatic heterocycles. The lowest BCUT2D eigenvalue weighted by Gasteiger charge is -2.12. The van der Waals surface area contributed by atoms with E-state index in [1.54, 1.807) is 54.6 Å². The van der Waals surface area contributed by atoms with Crippen LogP contribution in [-0.4, -0.2) is 16.8 Å². The van der Waals surface area contributed by atoms with E-state index in [1.807, 2.05) is 0 Å². The maximum atomic E-state index is 12.8. The first-order valence-corrected chi connectivity index (χ1v) is 7.58. The highest BCUT2D eigenvalue weighted by Gasteiger charge is 2.39. The summed E-state index contributed by atoms with van der Waals surface area (Å²) < 4.78 is 5.65. The molecule has 24 heavy (non-hydrogen) atoms. The summed E-state index contributed by atoms with van der Waals surface area (Å²) in [6.45, 7) is 0. The van der Waals surface area contributed by atoms with Gasteiger partial charge >= 0.3 is 0 Å². The SMILES string of the molecule is O=C1c2ccccc2C(=O)c2c1oc(-c1ccccc1)c2C(=O)Cl. The molecule has 5 heteroatoms. The van der Waals surface area contributed by atoms with E-state index in [0.29, 0.717) is 5.56 Å². The van der Waals surface area contributed by atoms with Crippen molar-refractivity contribution in [2.75, 3.05) is 0 Å². The molecule has 0 saturated heterocycles. The zero-order valence-electron chi connectivity index (χ0n) is 12.2. The van der Waals surface area contributed by atoms with Crippen molar-refractivity contribution in [3.63, 3.8) is 0 Å². The third kappa shape index (κ3) is 1.97. The molecule has 0 saturated carbocycles. The van der Waals surface area contributed by atoms with Gasteiger partial charge in [-0.15, -0.1) is 0 Å². The van der Waals surface area contributed by atoms with Gasteiger partial charge < -0.3 is 4.42 Å². The van der Waals surface area contributed by atoms with Crippen LogP contribution in [0.5, 0.6) is 0 Å². The molecule has 0 atom stereocenters. The largest absolute Gasteiger partial charge is 0.451 e. The second-order valence-corrected chi connectivity index (χ2v) is 5.70. The summed E-state index contributed by atoms with van der Waals surface area (Å²) in [5.41, 5.74) is 0.954. The Morgan fingerprint density at radius 2 is 1.38 bits per heavy atom. The van der Waals surface area contributed by atoms with Crippen molar-refractivity contribution < 1.29 is 18.8 Å². The van der Waals surface area contributed by atoms with Crippen LogP contribution in [0.15, 0.2) is 59.0 Å². The zero-order valence-corrected chi connectivity index (χ0v) is 13.0. The topological polar surface area (TPSA) is 64.3 Å². The summed E-state index contributed by atoms with van der Waals surface area (Å²) in [5.74, 6) is -0.867. The lowest BCUT2D eigenvalue weighted by Crippen LogP contribution is -2.20. The van der Waals surface area contributed by atoms with Crippen LogP contribution >= 0.6 is 11.6 Å². The van der Waals surface area contributed by atoms with Crippen molar-refractivity contribution in [2.45, 2.75) is 0 Å². The van der Waals surface area contributed by atoms with Gasteiger partial charge in [-0.25, -0.2) is 0 Å². The van der Waals surface area contributed by atoms with E-state index in [0.717, 1.165) is 0 Å². The molecule has 1 aromatic heterocycles. The van der Waals surface area contributed by atoms with Crippen molar-refractivity contribution in [3.05, 3.63) is 82.6 Å². The molecule has 0 unspecified atom stereocenters. The summed E-state index contributed by atoms with van der Waals surface area (Å²) in [6.07, 6.45) is 0. The van der Waals surface area contributed by atoms with Crippen LogP contribution < -0.4 is 0 Å². The smallest absolute Gasteiger partial charge is 0.257 e. The molecule has 3 aromatic rings. The number of rotatable bonds is 2. The highest BCUT2D eigenvalue weighted by Crippen LogP contribution is 2.38. The van der Waals surface area contributed by atoms with Crippen molar-refractivity contribution >= 4 is 28.4 Å². The fourth-order valence-electron chi connectivity index (χ4n) is 2.92. The third-order valence-electron chi connectivity index (χ3n) is 3.99. The standard InChI is InChI=1S/C19H9ClO4/c20-19(23)14-13-15(21)11-8-4-5-9-12(11)16(22)18(13)24-17(14)10-6-2-1-3-7-10/h1-9H. The fourth-order valence-corrected chi connectivity index (χ4v) is 3.10. The molecule has 0 spiro atoms. The van der Waals surface area contributed by atoms with Gasteiger partial charge in [0.1, 0.15) is 5.76 Å². The van der Waals surface area contributed by atoms with E-state index in [9.17, 15) is 14.4 Å². The van der Waals surface area contributed by atoms with Crippen LogP contribution in [0.3, 0.4) is 0 Å². The quantitative estimate of drug-likeness (QED) is 0.517. The predicted octanol–water partition coefficient (Wildman–Crippen LogP) is 4.10. The molecule has 0 radical (unpaired) electrons. The molecule has 2 aromatic carbocycles. The van der Waals surface area contributed by atoms with E-state index in [4.69, 9.17) is 16.0 Å². The molecule has 0 fully saturated rings. The number of benzene rings is 2. The number of hydrogen-bond acceptors (Lipinski definition) is 4. The van der Waals surface area contributed by atoms with E-state index in [-0.39, 0.29) is 33.8 Å². The second-order valence-electron chi connectivity index (χ2n) is 5.35. The first kappa shape index (κ1) is 14.6. The second kappa shape index (κ2) is 5.28. The minimum absolute atomic E-state index is 0.0578. The lowest BCUT2D eigenvalue weighted by molar-refractivity contribution is 0.0959. The zero-order chi connectivity index (χ0) is 16.8. The summed E-state index contributed by atoms with van der Waals surface area (Å²) in [7, 11) is 0. The Labute approximate surface area is 141 Å². The monoisotopic (exact) mass is 336 g/mol. The molecule has 0 amide bonds. The van der Waals surface area contributed by atoms with E-state index < -0.39 is 16.8 Å². The number of carbonyl (C=O) groups excluding carboxylic acids is 3. The molecule has 0 bridgehead atoms. The number of ketones is 2. The van der Waals surface area contributed by atoms with Crippen LogP contribution in [0.25, 0.3) is 11.3 Å². The maximum absolute atomic E-state index is 12.8. The number of carbonyl (C=O) groups is 3. The van der Waals surface area contributed by atoms with Crippen molar-refractivity contribution in [1.29, 1.82) is 0 Å². The minimum atomic E-state index is -0.834. The highest BCUT2D eigenvalue weighted by molar-refractivity contribution is 6.69.